The van der Waals surface area contributed by atoms with Crippen LogP contribution in [0.2, 0.25) is 10.0 Å². The van der Waals surface area contributed by atoms with Crippen LogP contribution in [-0.4, -0.2) is 36.3 Å². The summed E-state index contributed by atoms with van der Waals surface area (Å²) in [5.74, 6) is 1.41. The third-order valence-corrected chi connectivity index (χ3v) is 6.44. The Morgan fingerprint density at radius 1 is 1.03 bits per heavy atom. The van der Waals surface area contributed by atoms with Gasteiger partial charge in [-0.15, -0.1) is 0 Å². The molecule has 1 saturated carbocycles. The van der Waals surface area contributed by atoms with Gasteiger partial charge in [0.1, 0.15) is 11.6 Å². The van der Waals surface area contributed by atoms with Gasteiger partial charge in [0.05, 0.1) is 19.3 Å². The number of nitrogens with zero attached hydrogens (tertiary/aromatic N) is 1. The molecule has 1 saturated heterocycles. The number of hydrogen-bond donors (Lipinski definition) is 1. The number of aliphatic hydroxyl groups excluding tert-OH is 1. The van der Waals surface area contributed by atoms with E-state index in [1.165, 1.54) is 12.1 Å². The van der Waals surface area contributed by atoms with Crippen molar-refractivity contribution in [1.29, 1.82) is 0 Å². The first-order valence-electron chi connectivity index (χ1n) is 10.3. The van der Waals surface area contributed by atoms with E-state index in [4.69, 9.17) is 27.9 Å². The molecule has 1 unspecified atom stereocenters. The fourth-order valence-electron chi connectivity index (χ4n) is 4.20. The highest BCUT2D eigenvalue weighted by molar-refractivity contribution is 6.34. The summed E-state index contributed by atoms with van der Waals surface area (Å²) >= 11 is 12.3. The van der Waals surface area contributed by atoms with Crippen LogP contribution in [-0.2, 0) is 0 Å². The zero-order valence-electron chi connectivity index (χ0n) is 16.3. The lowest BCUT2D eigenvalue weighted by Crippen LogP contribution is -2.39. The molecule has 0 spiro atoms. The van der Waals surface area contributed by atoms with Crippen LogP contribution in [0.15, 0.2) is 36.4 Å². The van der Waals surface area contributed by atoms with E-state index in [1.54, 1.807) is 6.07 Å². The molecule has 156 valence electrons. The molecule has 1 N–H and O–H groups in total. The van der Waals surface area contributed by atoms with Gasteiger partial charge in [-0.3, -0.25) is 4.90 Å². The molecule has 2 aliphatic rings. The standard InChI is InChI=1S/C23H26Cl2FNO2/c24-18-9-17(10-19(25)11-18)22(13-28)27-7-5-15(6-8-27)14-29-23-12-20(26)3-4-21(23)16-1-2-16/h3-4,9-12,15-16,22,28H,1-2,5-8,13-14H2. The van der Waals surface area contributed by atoms with E-state index in [1.807, 2.05) is 18.2 Å². The van der Waals surface area contributed by atoms with Gasteiger partial charge in [-0.2, -0.15) is 0 Å². The monoisotopic (exact) mass is 437 g/mol. The van der Waals surface area contributed by atoms with Crippen molar-refractivity contribution in [3.05, 3.63) is 63.4 Å². The van der Waals surface area contributed by atoms with Gasteiger partial charge in [-0.05, 0) is 86.0 Å². The highest BCUT2D eigenvalue weighted by Crippen LogP contribution is 2.44. The van der Waals surface area contributed by atoms with Crippen LogP contribution in [0.3, 0.4) is 0 Å². The largest absolute Gasteiger partial charge is 0.493 e. The maximum absolute atomic E-state index is 13.7. The summed E-state index contributed by atoms with van der Waals surface area (Å²) in [6.07, 6.45) is 4.27. The topological polar surface area (TPSA) is 32.7 Å². The van der Waals surface area contributed by atoms with Gasteiger partial charge in [0, 0.05) is 16.1 Å². The van der Waals surface area contributed by atoms with E-state index >= 15 is 0 Å². The predicted octanol–water partition coefficient (Wildman–Crippen LogP) is 5.83. The van der Waals surface area contributed by atoms with Crippen molar-refractivity contribution in [2.45, 2.75) is 37.6 Å². The smallest absolute Gasteiger partial charge is 0.126 e. The summed E-state index contributed by atoms with van der Waals surface area (Å²) in [6.45, 7) is 2.35. The molecule has 1 heterocycles. The second kappa shape index (κ2) is 9.22. The predicted molar refractivity (Wildman–Crippen MR) is 114 cm³/mol. The molecule has 2 fully saturated rings. The molecule has 0 bridgehead atoms. The number of ether oxygens (including phenoxy) is 1. The number of benzene rings is 2. The minimum Gasteiger partial charge on any atom is -0.493 e. The summed E-state index contributed by atoms with van der Waals surface area (Å²) in [6, 6.07) is 10.2. The highest BCUT2D eigenvalue weighted by Gasteiger charge is 2.29. The molecule has 29 heavy (non-hydrogen) atoms. The number of piperidine rings is 1. The Balaban J connectivity index is 1.34. The first-order chi connectivity index (χ1) is 14.0. The fraction of sp³-hybridized carbons (Fsp3) is 0.478. The van der Waals surface area contributed by atoms with Gasteiger partial charge < -0.3 is 9.84 Å². The molecular formula is C23H26Cl2FNO2. The fourth-order valence-corrected chi connectivity index (χ4v) is 4.75. The molecular weight excluding hydrogens is 412 g/mol. The van der Waals surface area contributed by atoms with Crippen molar-refractivity contribution in [2.24, 2.45) is 5.92 Å². The van der Waals surface area contributed by atoms with Crippen molar-refractivity contribution < 1.29 is 14.2 Å². The van der Waals surface area contributed by atoms with Crippen molar-refractivity contribution in [3.63, 3.8) is 0 Å². The highest BCUT2D eigenvalue weighted by atomic mass is 35.5. The van der Waals surface area contributed by atoms with Crippen LogP contribution in [0.4, 0.5) is 4.39 Å². The first kappa shape index (κ1) is 20.9. The molecule has 1 aliphatic heterocycles. The van der Waals surface area contributed by atoms with Crippen LogP contribution in [0.1, 0.15) is 48.8 Å². The van der Waals surface area contributed by atoms with Crippen LogP contribution in [0, 0.1) is 11.7 Å². The van der Waals surface area contributed by atoms with E-state index in [2.05, 4.69) is 4.90 Å². The lowest BCUT2D eigenvalue weighted by atomic mass is 9.95. The summed E-state index contributed by atoms with van der Waals surface area (Å²) in [7, 11) is 0. The molecule has 3 nitrogen and oxygen atoms in total. The third-order valence-electron chi connectivity index (χ3n) is 6.00. The van der Waals surface area contributed by atoms with Crippen molar-refractivity contribution >= 4 is 23.2 Å². The molecule has 0 aromatic heterocycles. The number of hydrogen-bond acceptors (Lipinski definition) is 3. The third kappa shape index (κ3) is 5.24. The molecule has 2 aromatic carbocycles. The number of likely N-dealkylation sites (tertiary alicyclic amines) is 1. The molecule has 4 rings (SSSR count). The number of halogens is 3. The van der Waals surface area contributed by atoms with E-state index < -0.39 is 0 Å². The second-order valence-corrected chi connectivity index (χ2v) is 9.02. The Labute approximate surface area is 181 Å². The quantitative estimate of drug-likeness (QED) is 0.590. The van der Waals surface area contributed by atoms with E-state index in [-0.39, 0.29) is 18.5 Å². The van der Waals surface area contributed by atoms with Gasteiger partial charge in [0.25, 0.3) is 0 Å². The molecule has 6 heteroatoms. The van der Waals surface area contributed by atoms with Crippen molar-refractivity contribution in [1.82, 2.24) is 4.90 Å². The number of rotatable bonds is 7. The van der Waals surface area contributed by atoms with Gasteiger partial charge in [-0.25, -0.2) is 4.39 Å². The zero-order chi connectivity index (χ0) is 20.4. The maximum atomic E-state index is 13.7. The summed E-state index contributed by atoms with van der Waals surface area (Å²) in [4.78, 5) is 2.27. The van der Waals surface area contributed by atoms with Crippen LogP contribution in [0.5, 0.6) is 5.75 Å². The number of aliphatic hydroxyl groups is 1. The minimum absolute atomic E-state index is 0.0197. The normalized spacial score (nSPS) is 19.3. The Hall–Kier alpha value is -1.33. The Bertz CT molecular complexity index is 831. The molecule has 2 aromatic rings. The summed E-state index contributed by atoms with van der Waals surface area (Å²) < 4.78 is 19.7. The molecule has 0 radical (unpaired) electrons. The molecule has 1 atom stereocenters. The van der Waals surface area contributed by atoms with E-state index in [9.17, 15) is 9.50 Å². The Kier molecular flexibility index (Phi) is 6.65. The van der Waals surface area contributed by atoms with Crippen LogP contribution < -0.4 is 4.74 Å². The van der Waals surface area contributed by atoms with Crippen LogP contribution >= 0.6 is 23.2 Å². The van der Waals surface area contributed by atoms with Crippen molar-refractivity contribution in [3.8, 4) is 5.75 Å². The zero-order valence-corrected chi connectivity index (χ0v) is 17.8. The summed E-state index contributed by atoms with van der Waals surface area (Å²) in [5, 5.41) is 11.1. The van der Waals surface area contributed by atoms with Gasteiger partial charge >= 0.3 is 0 Å². The molecule has 1 aliphatic carbocycles. The average Bonchev–Trinajstić information content (AvgIpc) is 3.52. The summed E-state index contributed by atoms with van der Waals surface area (Å²) in [5.41, 5.74) is 2.08. The molecule has 0 amide bonds. The maximum Gasteiger partial charge on any atom is 0.126 e. The van der Waals surface area contributed by atoms with Crippen molar-refractivity contribution in [2.75, 3.05) is 26.3 Å². The second-order valence-electron chi connectivity index (χ2n) is 8.15. The van der Waals surface area contributed by atoms with Crippen LogP contribution in [0.25, 0.3) is 0 Å². The van der Waals surface area contributed by atoms with E-state index in [0.717, 1.165) is 49.9 Å². The lowest BCUT2D eigenvalue weighted by Gasteiger charge is -2.37. The SMILES string of the molecule is OCC(c1cc(Cl)cc(Cl)c1)N1CCC(COc2cc(F)ccc2C2CC2)CC1. The Morgan fingerprint density at radius 2 is 1.72 bits per heavy atom. The van der Waals surface area contributed by atoms with E-state index in [0.29, 0.717) is 34.2 Å². The minimum atomic E-state index is -0.245. The lowest BCUT2D eigenvalue weighted by molar-refractivity contribution is 0.0733. The first-order valence-corrected chi connectivity index (χ1v) is 11.0. The van der Waals surface area contributed by atoms with Gasteiger partial charge in [-0.1, -0.05) is 29.3 Å². The Morgan fingerprint density at radius 3 is 2.34 bits per heavy atom. The van der Waals surface area contributed by atoms with Gasteiger partial charge in [0.2, 0.25) is 0 Å². The van der Waals surface area contributed by atoms with Gasteiger partial charge in [0.15, 0.2) is 0 Å². The average molecular weight is 438 g/mol.